The highest BCUT2D eigenvalue weighted by Crippen LogP contribution is 2.38. The number of halogens is 1. The van der Waals surface area contributed by atoms with Crippen molar-refractivity contribution >= 4 is 23.3 Å². The second-order valence-corrected chi connectivity index (χ2v) is 11.8. The van der Waals surface area contributed by atoms with E-state index >= 15 is 0 Å². The molecule has 1 aliphatic rings. The maximum absolute atomic E-state index is 13.1. The molecule has 224 valence electrons. The van der Waals surface area contributed by atoms with Gasteiger partial charge in [-0.15, -0.1) is 0 Å². The van der Waals surface area contributed by atoms with Gasteiger partial charge in [0.05, 0.1) is 12.7 Å². The molecule has 1 heterocycles. The number of aliphatic hydroxyl groups is 1. The van der Waals surface area contributed by atoms with Crippen molar-refractivity contribution in [3.63, 3.8) is 0 Å². The van der Waals surface area contributed by atoms with Crippen LogP contribution in [-0.2, 0) is 11.0 Å². The van der Waals surface area contributed by atoms with Gasteiger partial charge in [0.1, 0.15) is 5.75 Å². The van der Waals surface area contributed by atoms with Crippen LogP contribution in [0.3, 0.4) is 0 Å². The van der Waals surface area contributed by atoms with Crippen LogP contribution in [0, 0.1) is 0 Å². The molecule has 0 saturated carbocycles. The summed E-state index contributed by atoms with van der Waals surface area (Å²) < 4.78 is 5.23. The number of hydrogen-bond donors (Lipinski definition) is 3. The number of likely N-dealkylation sites (tertiary alicyclic amines) is 1. The molecule has 0 radical (unpaired) electrons. The highest BCUT2D eigenvalue weighted by Gasteiger charge is 2.36. The third-order valence-electron chi connectivity index (χ3n) is 8.69. The number of methoxy groups -OCH3 is 1. The van der Waals surface area contributed by atoms with Crippen LogP contribution in [0.5, 0.6) is 5.75 Å². The Hall–Kier alpha value is -3.84. The number of amides is 2. The lowest BCUT2D eigenvalue weighted by molar-refractivity contribution is -0.0262. The van der Waals surface area contributed by atoms with Crippen molar-refractivity contribution in [3.8, 4) is 5.75 Å². The van der Waals surface area contributed by atoms with Crippen molar-refractivity contribution in [3.05, 3.63) is 131 Å². The van der Waals surface area contributed by atoms with Gasteiger partial charge < -0.3 is 25.4 Å². The molecule has 4 aromatic carbocycles. The van der Waals surface area contributed by atoms with E-state index in [-0.39, 0.29) is 6.03 Å². The summed E-state index contributed by atoms with van der Waals surface area (Å²) in [5.41, 5.74) is 2.73. The van der Waals surface area contributed by atoms with E-state index in [1.807, 2.05) is 60.7 Å². The molecule has 0 bridgehead atoms. The average Bonchev–Trinajstić information content (AvgIpc) is 3.05. The molecule has 1 saturated heterocycles. The molecule has 7 heteroatoms. The van der Waals surface area contributed by atoms with E-state index in [0.29, 0.717) is 30.1 Å². The number of ether oxygens (including phenoxy) is 1. The Balaban J connectivity index is 1.28. The largest absolute Gasteiger partial charge is 0.497 e. The summed E-state index contributed by atoms with van der Waals surface area (Å²) in [5, 5.41) is 18.2. The Morgan fingerprint density at radius 1 is 0.884 bits per heavy atom. The van der Waals surface area contributed by atoms with E-state index in [1.54, 1.807) is 7.11 Å². The standard InChI is InChI=1S/C36H40ClN3O3/c1-43-33-19-17-32(18-20-33)39-34(41)38-27-35(28-9-4-2-5-10-28,29-11-6-3-7-12-29)21-8-24-40-25-22-36(42,23-26-40)30-13-15-31(37)16-14-30/h2-7,9-20,42H,8,21-27H2,1H3,(H2,38,39,41). The quantitative estimate of drug-likeness (QED) is 0.171. The first-order valence-electron chi connectivity index (χ1n) is 14.9. The molecular weight excluding hydrogens is 558 g/mol. The van der Waals surface area contributed by atoms with Gasteiger partial charge in [-0.05, 0) is 85.3 Å². The fourth-order valence-corrected chi connectivity index (χ4v) is 6.27. The molecule has 43 heavy (non-hydrogen) atoms. The van der Waals surface area contributed by atoms with Gasteiger partial charge in [-0.1, -0.05) is 84.4 Å². The van der Waals surface area contributed by atoms with Crippen molar-refractivity contribution in [1.29, 1.82) is 0 Å². The fourth-order valence-electron chi connectivity index (χ4n) is 6.14. The monoisotopic (exact) mass is 597 g/mol. The zero-order chi connectivity index (χ0) is 30.1. The number of rotatable bonds is 11. The van der Waals surface area contributed by atoms with E-state index in [0.717, 1.165) is 43.8 Å². The Kier molecular flexibility index (Phi) is 10.0. The van der Waals surface area contributed by atoms with Gasteiger partial charge in [0.25, 0.3) is 0 Å². The van der Waals surface area contributed by atoms with Gasteiger partial charge in [-0.25, -0.2) is 4.79 Å². The van der Waals surface area contributed by atoms with Gasteiger partial charge in [-0.3, -0.25) is 0 Å². The van der Waals surface area contributed by atoms with Crippen LogP contribution in [0.4, 0.5) is 10.5 Å². The van der Waals surface area contributed by atoms with Crippen LogP contribution in [0.2, 0.25) is 5.02 Å². The lowest BCUT2D eigenvalue weighted by Gasteiger charge is -2.40. The number of anilines is 1. The molecule has 0 atom stereocenters. The molecule has 0 aromatic heterocycles. The summed E-state index contributed by atoms with van der Waals surface area (Å²) in [7, 11) is 1.62. The number of carbonyl (C=O) groups is 1. The molecule has 4 aromatic rings. The zero-order valence-electron chi connectivity index (χ0n) is 24.6. The summed E-state index contributed by atoms with van der Waals surface area (Å²) in [6, 6.07) is 35.5. The van der Waals surface area contributed by atoms with Crippen LogP contribution in [0.25, 0.3) is 0 Å². The lowest BCUT2D eigenvalue weighted by atomic mass is 9.71. The highest BCUT2D eigenvalue weighted by atomic mass is 35.5. The third-order valence-corrected chi connectivity index (χ3v) is 8.95. The maximum Gasteiger partial charge on any atom is 0.319 e. The van der Waals surface area contributed by atoms with Crippen molar-refractivity contribution < 1.29 is 14.6 Å². The smallest absolute Gasteiger partial charge is 0.319 e. The molecule has 2 amide bonds. The van der Waals surface area contributed by atoms with Gasteiger partial charge in [0.2, 0.25) is 0 Å². The van der Waals surface area contributed by atoms with Gasteiger partial charge in [-0.2, -0.15) is 0 Å². The Labute approximate surface area is 259 Å². The Bertz CT molecular complexity index is 1400. The molecule has 0 spiro atoms. The average molecular weight is 598 g/mol. The number of nitrogens with one attached hydrogen (secondary N) is 2. The molecule has 0 aliphatic carbocycles. The van der Waals surface area contributed by atoms with E-state index in [4.69, 9.17) is 16.3 Å². The summed E-state index contributed by atoms with van der Waals surface area (Å²) in [6.45, 7) is 3.01. The topological polar surface area (TPSA) is 73.8 Å². The second-order valence-electron chi connectivity index (χ2n) is 11.3. The van der Waals surface area contributed by atoms with E-state index in [2.05, 4.69) is 64.1 Å². The third kappa shape index (κ3) is 7.57. The lowest BCUT2D eigenvalue weighted by Crippen LogP contribution is -2.45. The summed E-state index contributed by atoms with van der Waals surface area (Å²) >= 11 is 6.07. The number of benzene rings is 4. The SMILES string of the molecule is COc1ccc(NC(=O)NCC(CCCN2CCC(O)(c3ccc(Cl)cc3)CC2)(c2ccccc2)c2ccccc2)cc1. The van der Waals surface area contributed by atoms with Crippen LogP contribution in [-0.4, -0.2) is 49.3 Å². The van der Waals surface area contributed by atoms with Crippen LogP contribution in [0.1, 0.15) is 42.4 Å². The minimum absolute atomic E-state index is 0.251. The molecular formula is C36H40ClN3O3. The van der Waals surface area contributed by atoms with Crippen molar-refractivity contribution in [1.82, 2.24) is 10.2 Å². The molecule has 1 aliphatic heterocycles. The van der Waals surface area contributed by atoms with Gasteiger partial charge >= 0.3 is 6.03 Å². The molecule has 5 rings (SSSR count). The summed E-state index contributed by atoms with van der Waals surface area (Å²) in [5.74, 6) is 0.737. The van der Waals surface area contributed by atoms with Crippen LogP contribution < -0.4 is 15.4 Å². The first-order chi connectivity index (χ1) is 20.9. The van der Waals surface area contributed by atoms with E-state index < -0.39 is 11.0 Å². The van der Waals surface area contributed by atoms with Crippen molar-refractivity contribution in [2.24, 2.45) is 0 Å². The van der Waals surface area contributed by atoms with E-state index in [9.17, 15) is 9.90 Å². The molecule has 0 unspecified atom stereocenters. The first-order valence-corrected chi connectivity index (χ1v) is 15.3. The Morgan fingerprint density at radius 2 is 1.47 bits per heavy atom. The van der Waals surface area contributed by atoms with Crippen molar-refractivity contribution in [2.75, 3.05) is 38.6 Å². The summed E-state index contributed by atoms with van der Waals surface area (Å²) in [4.78, 5) is 15.5. The number of carbonyl (C=O) groups excluding carboxylic acids is 1. The number of piperidine rings is 1. The maximum atomic E-state index is 13.1. The number of urea groups is 1. The zero-order valence-corrected chi connectivity index (χ0v) is 25.4. The number of hydrogen-bond acceptors (Lipinski definition) is 4. The minimum Gasteiger partial charge on any atom is -0.497 e. The predicted molar refractivity (Wildman–Crippen MR) is 174 cm³/mol. The van der Waals surface area contributed by atoms with E-state index in [1.165, 1.54) is 11.1 Å². The van der Waals surface area contributed by atoms with Crippen LogP contribution >= 0.6 is 11.6 Å². The predicted octanol–water partition coefficient (Wildman–Crippen LogP) is 7.22. The molecule has 1 fully saturated rings. The summed E-state index contributed by atoms with van der Waals surface area (Å²) in [6.07, 6.45) is 3.15. The minimum atomic E-state index is -0.819. The van der Waals surface area contributed by atoms with Gasteiger partial charge in [0, 0.05) is 35.8 Å². The first kappa shape index (κ1) is 30.6. The fraction of sp³-hybridized carbons (Fsp3) is 0.306. The van der Waals surface area contributed by atoms with Crippen LogP contribution in [0.15, 0.2) is 109 Å². The normalized spacial score (nSPS) is 15.0. The molecule has 3 N–H and O–H groups in total. The number of nitrogens with zero attached hydrogens (tertiary/aromatic N) is 1. The second kappa shape index (κ2) is 14.1. The highest BCUT2D eigenvalue weighted by molar-refractivity contribution is 6.30. The van der Waals surface area contributed by atoms with Gasteiger partial charge in [0.15, 0.2) is 0 Å². The van der Waals surface area contributed by atoms with Crippen molar-refractivity contribution in [2.45, 2.75) is 36.7 Å². The molecule has 6 nitrogen and oxygen atoms in total. The Morgan fingerprint density at radius 3 is 2.02 bits per heavy atom.